The molecule has 1 amide bonds. The first-order chi connectivity index (χ1) is 11.2. The minimum Gasteiger partial charge on any atom is -0.326 e. The number of benzene rings is 2. The third-order valence-corrected chi connectivity index (χ3v) is 4.60. The molecule has 0 aliphatic heterocycles. The predicted octanol–water partition coefficient (Wildman–Crippen LogP) is 3.01. The molecule has 126 valence electrons. The molecule has 0 unspecified atom stereocenters. The second-order valence-electron chi connectivity index (χ2n) is 4.73. The molecule has 0 fully saturated rings. The van der Waals surface area contributed by atoms with Crippen molar-refractivity contribution in [3.8, 4) is 0 Å². The second-order valence-corrected chi connectivity index (χ2v) is 6.82. The normalized spacial score (nSPS) is 10.9. The van der Waals surface area contributed by atoms with E-state index in [0.29, 0.717) is 5.69 Å². The van der Waals surface area contributed by atoms with Crippen molar-refractivity contribution >= 4 is 44.6 Å². The lowest BCUT2D eigenvalue weighted by molar-refractivity contribution is -0.384. The second kappa shape index (κ2) is 6.85. The van der Waals surface area contributed by atoms with Gasteiger partial charge in [-0.05, 0) is 36.4 Å². The molecule has 0 saturated heterocycles. The molecular formula is C14H12ClN3O5S. The summed E-state index contributed by atoms with van der Waals surface area (Å²) in [5.74, 6) is -0.280. The van der Waals surface area contributed by atoms with Crippen LogP contribution in [-0.4, -0.2) is 19.2 Å². The lowest BCUT2D eigenvalue weighted by Crippen LogP contribution is -2.13. The Morgan fingerprint density at radius 3 is 2.25 bits per heavy atom. The number of rotatable bonds is 5. The maximum absolute atomic E-state index is 12.3. The van der Waals surface area contributed by atoms with Gasteiger partial charge in [0, 0.05) is 18.7 Å². The molecule has 0 atom stereocenters. The Labute approximate surface area is 142 Å². The zero-order chi connectivity index (χ0) is 17.9. The van der Waals surface area contributed by atoms with Gasteiger partial charge in [-0.3, -0.25) is 19.6 Å². The summed E-state index contributed by atoms with van der Waals surface area (Å²) in [7, 11) is -3.94. The number of carbonyl (C=O) groups excluding carboxylic acids is 1. The molecule has 0 saturated carbocycles. The molecule has 2 N–H and O–H groups in total. The Bertz CT molecular complexity index is 897. The van der Waals surface area contributed by atoms with E-state index in [1.165, 1.54) is 43.3 Å². The van der Waals surface area contributed by atoms with Crippen molar-refractivity contribution in [2.24, 2.45) is 0 Å². The van der Waals surface area contributed by atoms with Crippen molar-refractivity contribution in [1.82, 2.24) is 0 Å². The molecule has 24 heavy (non-hydrogen) atoms. The average molecular weight is 370 g/mol. The molecule has 0 aromatic heterocycles. The quantitative estimate of drug-likeness (QED) is 0.620. The summed E-state index contributed by atoms with van der Waals surface area (Å²) in [6, 6.07) is 9.05. The number of sulfonamides is 1. The van der Waals surface area contributed by atoms with Gasteiger partial charge in [-0.15, -0.1) is 0 Å². The molecule has 0 bridgehead atoms. The molecule has 0 spiro atoms. The Morgan fingerprint density at radius 2 is 1.71 bits per heavy atom. The van der Waals surface area contributed by atoms with E-state index in [1.807, 2.05) is 0 Å². The van der Waals surface area contributed by atoms with Gasteiger partial charge in [-0.25, -0.2) is 8.42 Å². The maximum Gasteiger partial charge on any atom is 0.289 e. The number of nitro benzene ring substituents is 1. The molecule has 0 heterocycles. The molecule has 2 aromatic carbocycles. The fourth-order valence-electron chi connectivity index (χ4n) is 1.85. The minimum absolute atomic E-state index is 0.0111. The number of halogens is 1. The number of hydrogen-bond acceptors (Lipinski definition) is 5. The van der Waals surface area contributed by atoms with Gasteiger partial charge in [0.25, 0.3) is 15.7 Å². The highest BCUT2D eigenvalue weighted by molar-refractivity contribution is 7.92. The van der Waals surface area contributed by atoms with Crippen molar-refractivity contribution in [3.05, 3.63) is 57.6 Å². The van der Waals surface area contributed by atoms with E-state index in [1.54, 1.807) is 0 Å². The molecule has 0 radical (unpaired) electrons. The largest absolute Gasteiger partial charge is 0.326 e. The van der Waals surface area contributed by atoms with Gasteiger partial charge in [0.05, 0.1) is 15.5 Å². The van der Waals surface area contributed by atoms with Crippen molar-refractivity contribution < 1.29 is 18.1 Å². The highest BCUT2D eigenvalue weighted by Crippen LogP contribution is 2.28. The first kappa shape index (κ1) is 17.7. The average Bonchev–Trinajstić information content (AvgIpc) is 2.48. The van der Waals surface area contributed by atoms with Crippen LogP contribution in [0.3, 0.4) is 0 Å². The summed E-state index contributed by atoms with van der Waals surface area (Å²) < 4.78 is 26.8. The van der Waals surface area contributed by atoms with Crippen LogP contribution in [0.1, 0.15) is 6.92 Å². The summed E-state index contributed by atoms with van der Waals surface area (Å²) in [5, 5.41) is 13.3. The van der Waals surface area contributed by atoms with Crippen LogP contribution >= 0.6 is 11.6 Å². The number of nitro groups is 1. The Morgan fingerprint density at radius 1 is 1.12 bits per heavy atom. The van der Waals surface area contributed by atoms with E-state index in [0.717, 1.165) is 6.07 Å². The maximum atomic E-state index is 12.3. The van der Waals surface area contributed by atoms with E-state index in [4.69, 9.17) is 11.6 Å². The number of anilines is 2. The van der Waals surface area contributed by atoms with Gasteiger partial charge < -0.3 is 5.32 Å². The standard InChI is InChI=1S/C14H12ClN3O5S/c1-9(19)16-10-2-5-12(6-3-10)24(22,23)17-11-4-7-13(15)14(8-11)18(20)21/h2-8,17H,1H3,(H,16,19). The van der Waals surface area contributed by atoms with E-state index >= 15 is 0 Å². The van der Waals surface area contributed by atoms with Crippen LogP contribution in [0, 0.1) is 10.1 Å². The molecule has 0 aliphatic carbocycles. The lowest BCUT2D eigenvalue weighted by atomic mass is 10.3. The first-order valence-corrected chi connectivity index (χ1v) is 8.39. The number of nitrogens with zero attached hydrogens (tertiary/aromatic N) is 1. The summed E-state index contributed by atoms with van der Waals surface area (Å²) >= 11 is 5.68. The minimum atomic E-state index is -3.94. The van der Waals surface area contributed by atoms with Crippen molar-refractivity contribution in [3.63, 3.8) is 0 Å². The number of amides is 1. The summed E-state index contributed by atoms with van der Waals surface area (Å²) in [5.41, 5.74) is 0.0542. The molecule has 2 aromatic rings. The van der Waals surface area contributed by atoms with Crippen LogP contribution in [0.5, 0.6) is 0 Å². The first-order valence-electron chi connectivity index (χ1n) is 6.53. The van der Waals surface area contributed by atoms with Crippen molar-refractivity contribution in [2.45, 2.75) is 11.8 Å². The van der Waals surface area contributed by atoms with Crippen molar-refractivity contribution in [1.29, 1.82) is 0 Å². The van der Waals surface area contributed by atoms with E-state index in [2.05, 4.69) is 10.0 Å². The van der Waals surface area contributed by atoms with E-state index in [-0.39, 0.29) is 21.5 Å². The van der Waals surface area contributed by atoms with E-state index < -0.39 is 20.6 Å². The fourth-order valence-corrected chi connectivity index (χ4v) is 3.09. The third-order valence-electron chi connectivity index (χ3n) is 2.88. The Kier molecular flexibility index (Phi) is 5.05. The number of carbonyl (C=O) groups is 1. The topological polar surface area (TPSA) is 118 Å². The van der Waals surface area contributed by atoms with Crippen LogP contribution in [0.25, 0.3) is 0 Å². The predicted molar refractivity (Wildman–Crippen MR) is 89.7 cm³/mol. The molecule has 0 aliphatic rings. The van der Waals surface area contributed by atoms with Crippen LogP contribution in [0.15, 0.2) is 47.4 Å². The van der Waals surface area contributed by atoms with Gasteiger partial charge in [0.2, 0.25) is 5.91 Å². The zero-order valence-corrected chi connectivity index (χ0v) is 13.9. The van der Waals surface area contributed by atoms with Crippen LogP contribution in [-0.2, 0) is 14.8 Å². The highest BCUT2D eigenvalue weighted by atomic mass is 35.5. The monoisotopic (exact) mass is 369 g/mol. The van der Waals surface area contributed by atoms with Crippen LogP contribution in [0.2, 0.25) is 5.02 Å². The summed E-state index contributed by atoms with van der Waals surface area (Å²) in [6.45, 7) is 1.33. The summed E-state index contributed by atoms with van der Waals surface area (Å²) in [6.07, 6.45) is 0. The Hall–Kier alpha value is -2.65. The third kappa shape index (κ3) is 4.21. The molecule has 2 rings (SSSR count). The zero-order valence-electron chi connectivity index (χ0n) is 12.3. The number of hydrogen-bond donors (Lipinski definition) is 2. The highest BCUT2D eigenvalue weighted by Gasteiger charge is 2.18. The lowest BCUT2D eigenvalue weighted by Gasteiger charge is -2.09. The summed E-state index contributed by atoms with van der Waals surface area (Å²) in [4.78, 5) is 21.0. The van der Waals surface area contributed by atoms with Crippen molar-refractivity contribution in [2.75, 3.05) is 10.0 Å². The molecule has 10 heteroatoms. The molecule has 8 nitrogen and oxygen atoms in total. The van der Waals surface area contributed by atoms with Crippen LogP contribution in [0.4, 0.5) is 17.1 Å². The van der Waals surface area contributed by atoms with Gasteiger partial charge in [0.15, 0.2) is 0 Å². The van der Waals surface area contributed by atoms with Crippen LogP contribution < -0.4 is 10.0 Å². The fraction of sp³-hybridized carbons (Fsp3) is 0.0714. The molecular weight excluding hydrogens is 358 g/mol. The van der Waals surface area contributed by atoms with Gasteiger partial charge in [0.1, 0.15) is 5.02 Å². The SMILES string of the molecule is CC(=O)Nc1ccc(S(=O)(=O)Nc2ccc(Cl)c([N+](=O)[O-])c2)cc1. The van der Waals surface area contributed by atoms with Gasteiger partial charge in [-0.1, -0.05) is 11.6 Å². The van der Waals surface area contributed by atoms with Gasteiger partial charge >= 0.3 is 0 Å². The van der Waals surface area contributed by atoms with E-state index in [9.17, 15) is 23.3 Å². The van der Waals surface area contributed by atoms with Gasteiger partial charge in [-0.2, -0.15) is 0 Å². The number of nitrogens with one attached hydrogen (secondary N) is 2. The Balaban J connectivity index is 2.27. The smallest absolute Gasteiger partial charge is 0.289 e.